The van der Waals surface area contributed by atoms with Crippen molar-refractivity contribution in [3.05, 3.63) is 58.5 Å². The van der Waals surface area contributed by atoms with Crippen LogP contribution in [0.2, 0.25) is 0 Å². The van der Waals surface area contributed by atoms with E-state index in [0.717, 1.165) is 30.5 Å². The lowest BCUT2D eigenvalue weighted by atomic mass is 10.1. The summed E-state index contributed by atoms with van der Waals surface area (Å²) in [6, 6.07) is 5.64. The van der Waals surface area contributed by atoms with Crippen LogP contribution in [0.3, 0.4) is 0 Å². The number of sulfonamides is 1. The molecule has 0 fully saturated rings. The van der Waals surface area contributed by atoms with Gasteiger partial charge >= 0.3 is 6.18 Å². The number of aromatic nitrogens is 1. The van der Waals surface area contributed by atoms with E-state index in [2.05, 4.69) is 10.3 Å². The molecular formula is C21H20F4N4O5S. The Morgan fingerprint density at radius 1 is 1.26 bits per heavy atom. The number of ether oxygens (including phenoxy) is 2. The van der Waals surface area contributed by atoms with Gasteiger partial charge in [-0.05, 0) is 35.9 Å². The topological polar surface area (TPSA) is 130 Å². The van der Waals surface area contributed by atoms with Crippen molar-refractivity contribution in [3.8, 4) is 11.9 Å². The van der Waals surface area contributed by atoms with Crippen molar-refractivity contribution < 1.29 is 40.2 Å². The SMILES string of the molecule is COCCOc1nc(C(F)(F)F)ccc1C=CC(=O)NCc1cc(F)c(NS(C)(=O)=O)c(C#N)c1. The number of carbonyl (C=O) groups is 1. The first-order valence-electron chi connectivity index (χ1n) is 9.70. The van der Waals surface area contributed by atoms with Crippen LogP contribution in [0.15, 0.2) is 30.3 Å². The number of hydrogen-bond acceptors (Lipinski definition) is 7. The second-order valence-corrected chi connectivity index (χ2v) is 8.72. The largest absolute Gasteiger partial charge is 0.475 e. The molecule has 188 valence electrons. The van der Waals surface area contributed by atoms with E-state index in [-0.39, 0.29) is 42.3 Å². The maximum atomic E-state index is 14.3. The summed E-state index contributed by atoms with van der Waals surface area (Å²) in [7, 11) is -2.45. The highest BCUT2D eigenvalue weighted by molar-refractivity contribution is 7.92. The van der Waals surface area contributed by atoms with Gasteiger partial charge in [-0.15, -0.1) is 0 Å². The number of alkyl halides is 3. The molecule has 2 N–H and O–H groups in total. The van der Waals surface area contributed by atoms with Gasteiger partial charge in [0, 0.05) is 25.3 Å². The van der Waals surface area contributed by atoms with E-state index >= 15 is 0 Å². The lowest BCUT2D eigenvalue weighted by molar-refractivity contribution is -0.141. The number of amides is 1. The molecule has 1 aromatic carbocycles. The number of pyridine rings is 1. The van der Waals surface area contributed by atoms with Gasteiger partial charge in [0.2, 0.25) is 21.8 Å². The van der Waals surface area contributed by atoms with E-state index in [1.807, 2.05) is 4.72 Å². The highest BCUT2D eigenvalue weighted by Crippen LogP contribution is 2.30. The Morgan fingerprint density at radius 3 is 2.57 bits per heavy atom. The van der Waals surface area contributed by atoms with E-state index in [0.29, 0.717) is 0 Å². The number of nitrogens with zero attached hydrogens (tertiary/aromatic N) is 2. The number of anilines is 1. The third-order valence-corrected chi connectivity index (χ3v) is 4.72. The van der Waals surface area contributed by atoms with E-state index < -0.39 is 39.3 Å². The molecule has 2 aromatic rings. The van der Waals surface area contributed by atoms with Gasteiger partial charge in [-0.25, -0.2) is 17.8 Å². The molecule has 2 rings (SSSR count). The molecule has 9 nitrogen and oxygen atoms in total. The van der Waals surface area contributed by atoms with Crippen LogP contribution >= 0.6 is 0 Å². The van der Waals surface area contributed by atoms with Crippen molar-refractivity contribution in [1.29, 1.82) is 5.26 Å². The molecule has 0 bridgehead atoms. The van der Waals surface area contributed by atoms with Crippen LogP contribution in [0.5, 0.6) is 5.88 Å². The van der Waals surface area contributed by atoms with Gasteiger partial charge in [0.15, 0.2) is 0 Å². The summed E-state index contributed by atoms with van der Waals surface area (Å²) in [6.07, 6.45) is -1.70. The molecule has 0 spiro atoms. The Hall–Kier alpha value is -3.70. The molecule has 1 aromatic heterocycles. The van der Waals surface area contributed by atoms with E-state index in [9.17, 15) is 36.0 Å². The lowest BCUT2D eigenvalue weighted by Crippen LogP contribution is -2.21. The number of nitrogens with one attached hydrogen (secondary N) is 2. The molecule has 0 radical (unpaired) electrons. The summed E-state index contributed by atoms with van der Waals surface area (Å²) in [5.74, 6) is -2.05. The number of nitriles is 1. The zero-order valence-electron chi connectivity index (χ0n) is 18.4. The molecule has 0 aliphatic carbocycles. The van der Waals surface area contributed by atoms with Crippen LogP contribution in [-0.4, -0.2) is 45.9 Å². The summed E-state index contributed by atoms with van der Waals surface area (Å²) in [4.78, 5) is 15.6. The fourth-order valence-electron chi connectivity index (χ4n) is 2.63. The van der Waals surface area contributed by atoms with Crippen LogP contribution in [0.4, 0.5) is 23.2 Å². The summed E-state index contributed by atoms with van der Waals surface area (Å²) in [5.41, 5.74) is -1.71. The molecule has 0 atom stereocenters. The number of carbonyl (C=O) groups excluding carboxylic acids is 1. The fraction of sp³-hybridized carbons (Fsp3) is 0.286. The predicted octanol–water partition coefficient (Wildman–Crippen LogP) is 2.84. The number of methoxy groups -OCH3 is 1. The van der Waals surface area contributed by atoms with E-state index in [1.54, 1.807) is 6.07 Å². The minimum Gasteiger partial charge on any atom is -0.475 e. The number of halogens is 4. The van der Waals surface area contributed by atoms with Crippen LogP contribution in [0, 0.1) is 17.1 Å². The second kappa shape index (κ2) is 11.6. The predicted molar refractivity (Wildman–Crippen MR) is 117 cm³/mol. The summed E-state index contributed by atoms with van der Waals surface area (Å²) < 4.78 is 87.8. The van der Waals surface area contributed by atoms with Crippen molar-refractivity contribution in [3.63, 3.8) is 0 Å². The fourth-order valence-corrected chi connectivity index (χ4v) is 3.21. The Balaban J connectivity index is 2.15. The average molecular weight is 516 g/mol. The number of rotatable bonds is 10. The number of hydrogen-bond donors (Lipinski definition) is 2. The summed E-state index contributed by atoms with van der Waals surface area (Å²) in [6.45, 7) is -0.202. The molecule has 14 heteroatoms. The minimum atomic E-state index is -4.69. The van der Waals surface area contributed by atoms with Gasteiger partial charge in [0.1, 0.15) is 29.9 Å². The molecule has 0 saturated carbocycles. The Morgan fingerprint density at radius 2 is 1.97 bits per heavy atom. The third-order valence-electron chi connectivity index (χ3n) is 4.15. The standard InChI is InChI=1S/C21H20F4N4O5S/c1-33-7-8-34-20-14(3-5-17(28-20)21(23,24)25)4-6-18(30)27-12-13-9-15(11-26)19(16(22)10-13)29-35(2,31)32/h3-6,9-10,29H,7-8,12H2,1-2H3,(H,27,30). The molecule has 0 saturated heterocycles. The molecular weight excluding hydrogens is 496 g/mol. The monoisotopic (exact) mass is 516 g/mol. The summed E-state index contributed by atoms with van der Waals surface area (Å²) >= 11 is 0. The summed E-state index contributed by atoms with van der Waals surface area (Å²) in [5, 5.41) is 11.6. The minimum absolute atomic E-state index is 0.0746. The highest BCUT2D eigenvalue weighted by Gasteiger charge is 2.33. The van der Waals surface area contributed by atoms with Gasteiger partial charge in [0.25, 0.3) is 0 Å². The van der Waals surface area contributed by atoms with E-state index in [1.165, 1.54) is 19.3 Å². The van der Waals surface area contributed by atoms with Gasteiger partial charge < -0.3 is 14.8 Å². The first-order chi connectivity index (χ1) is 16.3. The quantitative estimate of drug-likeness (QED) is 0.282. The van der Waals surface area contributed by atoms with Gasteiger partial charge in [-0.2, -0.15) is 18.4 Å². The van der Waals surface area contributed by atoms with Gasteiger partial charge in [0.05, 0.1) is 18.4 Å². The molecule has 0 aliphatic heterocycles. The van der Waals surface area contributed by atoms with Crippen LogP contribution in [0.25, 0.3) is 6.08 Å². The first-order valence-corrected chi connectivity index (χ1v) is 11.6. The molecule has 0 aliphatic rings. The van der Waals surface area contributed by atoms with Crippen molar-refractivity contribution in [2.24, 2.45) is 0 Å². The van der Waals surface area contributed by atoms with Gasteiger partial charge in [-0.1, -0.05) is 0 Å². The van der Waals surface area contributed by atoms with E-state index in [4.69, 9.17) is 9.47 Å². The Kier molecular flexibility index (Phi) is 9.15. The van der Waals surface area contributed by atoms with Crippen LogP contribution < -0.4 is 14.8 Å². The number of benzene rings is 1. The van der Waals surface area contributed by atoms with Gasteiger partial charge in [-0.3, -0.25) is 9.52 Å². The molecule has 0 unspecified atom stereocenters. The van der Waals surface area contributed by atoms with Crippen molar-refractivity contribution in [2.75, 3.05) is 31.3 Å². The third kappa shape index (κ3) is 8.54. The van der Waals surface area contributed by atoms with Crippen molar-refractivity contribution in [1.82, 2.24) is 10.3 Å². The zero-order valence-corrected chi connectivity index (χ0v) is 19.3. The Bertz CT molecular complexity index is 1260. The highest BCUT2D eigenvalue weighted by atomic mass is 32.2. The molecule has 1 amide bonds. The maximum absolute atomic E-state index is 14.3. The Labute approximate surface area is 198 Å². The smallest absolute Gasteiger partial charge is 0.433 e. The zero-order chi connectivity index (χ0) is 26.2. The van der Waals surface area contributed by atoms with Crippen molar-refractivity contribution in [2.45, 2.75) is 12.7 Å². The van der Waals surface area contributed by atoms with Crippen LogP contribution in [-0.2, 0) is 32.3 Å². The average Bonchev–Trinajstić information content (AvgIpc) is 2.76. The molecule has 35 heavy (non-hydrogen) atoms. The van der Waals surface area contributed by atoms with Crippen molar-refractivity contribution >= 4 is 27.7 Å². The first kappa shape index (κ1) is 27.5. The lowest BCUT2D eigenvalue weighted by Gasteiger charge is -2.12. The van der Waals surface area contributed by atoms with Crippen LogP contribution in [0.1, 0.15) is 22.4 Å². The maximum Gasteiger partial charge on any atom is 0.433 e. The normalized spacial score (nSPS) is 11.8. The molecule has 1 heterocycles. The second-order valence-electron chi connectivity index (χ2n) is 6.97.